The SMILES string of the molecule is COc1cccc(C(=O)N/N=C/c2cc(Cl)c(OCC(=O)Nc3cc(C)ccc3C)c(Cl)c2)c1. The van der Waals surface area contributed by atoms with Gasteiger partial charge in [-0.15, -0.1) is 0 Å². The summed E-state index contributed by atoms with van der Waals surface area (Å²) in [7, 11) is 1.52. The van der Waals surface area contributed by atoms with Gasteiger partial charge in [-0.3, -0.25) is 9.59 Å². The maximum atomic E-state index is 12.3. The van der Waals surface area contributed by atoms with Crippen molar-refractivity contribution < 1.29 is 19.1 Å². The van der Waals surface area contributed by atoms with E-state index >= 15 is 0 Å². The highest BCUT2D eigenvalue weighted by Crippen LogP contribution is 2.34. The molecule has 0 aliphatic rings. The van der Waals surface area contributed by atoms with Gasteiger partial charge in [-0.25, -0.2) is 5.43 Å². The van der Waals surface area contributed by atoms with Crippen molar-refractivity contribution in [1.82, 2.24) is 5.43 Å². The van der Waals surface area contributed by atoms with Crippen molar-refractivity contribution in [3.63, 3.8) is 0 Å². The monoisotopic (exact) mass is 499 g/mol. The largest absolute Gasteiger partial charge is 0.497 e. The molecule has 0 aliphatic carbocycles. The first-order valence-corrected chi connectivity index (χ1v) is 11.0. The molecule has 3 aromatic rings. The molecule has 0 spiro atoms. The zero-order chi connectivity index (χ0) is 24.7. The molecule has 0 fully saturated rings. The van der Waals surface area contributed by atoms with Gasteiger partial charge in [0.05, 0.1) is 23.4 Å². The van der Waals surface area contributed by atoms with Crippen molar-refractivity contribution in [1.29, 1.82) is 0 Å². The summed E-state index contributed by atoms with van der Waals surface area (Å²) in [5.74, 6) is -0.000576. The molecule has 0 saturated carbocycles. The van der Waals surface area contributed by atoms with Crippen molar-refractivity contribution in [2.24, 2.45) is 5.10 Å². The molecule has 0 radical (unpaired) electrons. The third-order valence-corrected chi connectivity index (χ3v) is 5.31. The van der Waals surface area contributed by atoms with Gasteiger partial charge in [0.15, 0.2) is 12.4 Å². The second kappa shape index (κ2) is 11.5. The van der Waals surface area contributed by atoms with Gasteiger partial charge in [0.25, 0.3) is 11.8 Å². The van der Waals surface area contributed by atoms with Crippen molar-refractivity contribution in [3.05, 3.63) is 86.9 Å². The maximum Gasteiger partial charge on any atom is 0.271 e. The predicted molar refractivity (Wildman–Crippen MR) is 135 cm³/mol. The number of amides is 2. The molecule has 2 amide bonds. The number of hydrazone groups is 1. The average molecular weight is 500 g/mol. The molecular weight excluding hydrogens is 477 g/mol. The first-order chi connectivity index (χ1) is 16.3. The van der Waals surface area contributed by atoms with Crippen molar-refractivity contribution in [3.8, 4) is 11.5 Å². The molecule has 7 nitrogen and oxygen atoms in total. The second-order valence-electron chi connectivity index (χ2n) is 7.40. The van der Waals surface area contributed by atoms with Crippen LogP contribution in [0.3, 0.4) is 0 Å². The van der Waals surface area contributed by atoms with E-state index < -0.39 is 5.91 Å². The second-order valence-corrected chi connectivity index (χ2v) is 8.21. The molecule has 9 heteroatoms. The first-order valence-electron chi connectivity index (χ1n) is 10.2. The predicted octanol–water partition coefficient (Wildman–Crippen LogP) is 5.40. The van der Waals surface area contributed by atoms with Crippen LogP contribution in [0.15, 0.2) is 59.7 Å². The Bertz CT molecular complexity index is 1220. The summed E-state index contributed by atoms with van der Waals surface area (Å²) in [5, 5.41) is 7.15. The number of anilines is 1. The lowest BCUT2D eigenvalue weighted by atomic mass is 10.1. The topological polar surface area (TPSA) is 89.0 Å². The van der Waals surface area contributed by atoms with E-state index in [1.165, 1.54) is 13.3 Å². The van der Waals surface area contributed by atoms with E-state index in [1.54, 1.807) is 36.4 Å². The van der Waals surface area contributed by atoms with E-state index in [4.69, 9.17) is 32.7 Å². The number of ether oxygens (including phenoxy) is 2. The van der Waals surface area contributed by atoms with Gasteiger partial charge in [0.2, 0.25) is 0 Å². The number of nitrogens with one attached hydrogen (secondary N) is 2. The number of nitrogens with zero attached hydrogens (tertiary/aromatic N) is 1. The Morgan fingerprint density at radius 3 is 2.47 bits per heavy atom. The zero-order valence-corrected chi connectivity index (χ0v) is 20.3. The number of halogens is 2. The van der Waals surface area contributed by atoms with Crippen LogP contribution < -0.4 is 20.2 Å². The zero-order valence-electron chi connectivity index (χ0n) is 18.8. The minimum absolute atomic E-state index is 0.178. The van der Waals surface area contributed by atoms with Gasteiger partial charge in [0, 0.05) is 11.3 Å². The number of rotatable bonds is 8. The molecule has 0 aliphatic heterocycles. The van der Waals surface area contributed by atoms with Crippen LogP contribution >= 0.6 is 23.2 Å². The van der Waals surface area contributed by atoms with Crippen LogP contribution in [0.5, 0.6) is 11.5 Å². The summed E-state index contributed by atoms with van der Waals surface area (Å²) in [6.45, 7) is 3.58. The van der Waals surface area contributed by atoms with Gasteiger partial charge < -0.3 is 14.8 Å². The van der Waals surface area contributed by atoms with E-state index in [0.717, 1.165) is 11.1 Å². The molecule has 0 bridgehead atoms. The van der Waals surface area contributed by atoms with Crippen LogP contribution in [0.2, 0.25) is 10.0 Å². The number of aryl methyl sites for hydroxylation is 2. The Morgan fingerprint density at radius 2 is 1.76 bits per heavy atom. The Hall–Kier alpha value is -3.55. The van der Waals surface area contributed by atoms with E-state index in [2.05, 4.69) is 15.8 Å². The highest BCUT2D eigenvalue weighted by Gasteiger charge is 2.13. The van der Waals surface area contributed by atoms with Crippen LogP contribution in [0.25, 0.3) is 0 Å². The van der Waals surface area contributed by atoms with E-state index in [-0.39, 0.29) is 28.3 Å². The van der Waals surface area contributed by atoms with Crippen molar-refractivity contribution in [2.75, 3.05) is 19.0 Å². The number of hydrogen-bond donors (Lipinski definition) is 2. The van der Waals surface area contributed by atoms with Gasteiger partial charge in [-0.05, 0) is 66.9 Å². The summed E-state index contributed by atoms with van der Waals surface area (Å²) >= 11 is 12.6. The Labute approximate surface area is 207 Å². The molecule has 3 rings (SSSR count). The maximum absolute atomic E-state index is 12.3. The quantitative estimate of drug-likeness (QED) is 0.320. The van der Waals surface area contributed by atoms with Gasteiger partial charge in [-0.2, -0.15) is 5.10 Å². The average Bonchev–Trinajstić information content (AvgIpc) is 2.81. The smallest absolute Gasteiger partial charge is 0.271 e. The third-order valence-electron chi connectivity index (χ3n) is 4.75. The lowest BCUT2D eigenvalue weighted by Gasteiger charge is -2.12. The van der Waals surface area contributed by atoms with Crippen LogP contribution in [0, 0.1) is 13.8 Å². The fourth-order valence-electron chi connectivity index (χ4n) is 2.98. The fourth-order valence-corrected chi connectivity index (χ4v) is 3.59. The van der Waals surface area contributed by atoms with Gasteiger partial charge >= 0.3 is 0 Å². The number of benzene rings is 3. The molecule has 3 aromatic carbocycles. The molecule has 2 N–H and O–H groups in total. The summed E-state index contributed by atoms with van der Waals surface area (Å²) in [6.07, 6.45) is 1.40. The van der Waals surface area contributed by atoms with Crippen LogP contribution in [-0.4, -0.2) is 31.7 Å². The fraction of sp³-hybridized carbons (Fsp3) is 0.160. The molecule has 0 saturated heterocycles. The standard InChI is InChI=1S/C25H23Cl2N3O4/c1-15-7-8-16(2)22(9-15)29-23(31)14-34-24-20(26)10-17(11-21(24)27)13-28-30-25(32)18-5-4-6-19(12-18)33-3/h4-13H,14H2,1-3H3,(H,29,31)(H,30,32)/b28-13+. The third kappa shape index (κ3) is 6.73. The van der Waals surface area contributed by atoms with Crippen LogP contribution in [0.4, 0.5) is 5.69 Å². The lowest BCUT2D eigenvalue weighted by Crippen LogP contribution is -2.21. The number of hydrogen-bond acceptors (Lipinski definition) is 5. The Morgan fingerprint density at radius 1 is 1.03 bits per heavy atom. The molecular formula is C25H23Cl2N3O4. The molecule has 0 heterocycles. The van der Waals surface area contributed by atoms with E-state index in [1.807, 2.05) is 32.0 Å². The molecule has 34 heavy (non-hydrogen) atoms. The molecule has 0 unspecified atom stereocenters. The first kappa shape index (κ1) is 25.1. The lowest BCUT2D eigenvalue weighted by molar-refractivity contribution is -0.118. The normalized spacial score (nSPS) is 10.7. The van der Waals surface area contributed by atoms with Crippen molar-refractivity contribution >= 4 is 46.9 Å². The van der Waals surface area contributed by atoms with E-state index in [9.17, 15) is 9.59 Å². The summed E-state index contributed by atoms with van der Waals surface area (Å²) in [5.41, 5.74) is 6.05. The molecule has 0 atom stereocenters. The van der Waals surface area contributed by atoms with E-state index in [0.29, 0.717) is 22.6 Å². The highest BCUT2D eigenvalue weighted by molar-refractivity contribution is 6.37. The molecule has 0 aromatic heterocycles. The van der Waals surface area contributed by atoms with Gasteiger partial charge in [0.1, 0.15) is 5.75 Å². The van der Waals surface area contributed by atoms with Crippen LogP contribution in [0.1, 0.15) is 27.0 Å². The minimum Gasteiger partial charge on any atom is -0.497 e. The Balaban J connectivity index is 1.60. The Kier molecular flexibility index (Phi) is 8.51. The highest BCUT2D eigenvalue weighted by atomic mass is 35.5. The summed E-state index contributed by atoms with van der Waals surface area (Å²) < 4.78 is 10.7. The number of carbonyl (C=O) groups excluding carboxylic acids is 2. The summed E-state index contributed by atoms with van der Waals surface area (Å²) in [4.78, 5) is 24.5. The molecule has 176 valence electrons. The van der Waals surface area contributed by atoms with Gasteiger partial charge in [-0.1, -0.05) is 41.4 Å². The summed E-state index contributed by atoms with van der Waals surface area (Å²) in [6, 6.07) is 15.6. The van der Waals surface area contributed by atoms with Crippen LogP contribution in [-0.2, 0) is 4.79 Å². The number of methoxy groups -OCH3 is 1. The number of carbonyl (C=O) groups is 2. The minimum atomic E-state index is -0.401. The van der Waals surface area contributed by atoms with Crippen molar-refractivity contribution in [2.45, 2.75) is 13.8 Å².